The first kappa shape index (κ1) is 17.8. The first-order valence-corrected chi connectivity index (χ1v) is 8.47. The van der Waals surface area contributed by atoms with E-state index in [1.807, 2.05) is 24.3 Å². The van der Waals surface area contributed by atoms with Crippen LogP contribution < -0.4 is 10.6 Å². The standard InChI is InChI=1S/C17H19N3O3S/c1-2-3-12-18-17(21)19-13-4-8-15(9-5-13)24-16-10-6-14(7-11-16)20(22)23/h4-11H,2-3,12H2,1H3,(H2,18,19,21). The van der Waals surface area contributed by atoms with Crippen LogP contribution in [0.4, 0.5) is 16.2 Å². The van der Waals surface area contributed by atoms with E-state index in [1.54, 1.807) is 12.1 Å². The van der Waals surface area contributed by atoms with Crippen LogP contribution in [0.5, 0.6) is 0 Å². The molecule has 2 aromatic rings. The topological polar surface area (TPSA) is 84.3 Å². The molecule has 0 atom stereocenters. The molecule has 0 saturated heterocycles. The van der Waals surface area contributed by atoms with Gasteiger partial charge in [0.15, 0.2) is 0 Å². The van der Waals surface area contributed by atoms with E-state index >= 15 is 0 Å². The molecule has 2 aromatic carbocycles. The number of hydrogen-bond donors (Lipinski definition) is 2. The molecule has 0 spiro atoms. The van der Waals surface area contributed by atoms with E-state index in [0.717, 1.165) is 28.3 Å². The van der Waals surface area contributed by atoms with Gasteiger partial charge in [-0.2, -0.15) is 0 Å². The van der Waals surface area contributed by atoms with Crippen LogP contribution in [0.1, 0.15) is 19.8 Å². The lowest BCUT2D eigenvalue weighted by molar-refractivity contribution is -0.384. The number of anilines is 1. The molecule has 24 heavy (non-hydrogen) atoms. The fourth-order valence-corrected chi connectivity index (χ4v) is 2.75. The van der Waals surface area contributed by atoms with Gasteiger partial charge >= 0.3 is 6.03 Å². The summed E-state index contributed by atoms with van der Waals surface area (Å²) in [5.41, 5.74) is 0.796. The highest BCUT2D eigenvalue weighted by molar-refractivity contribution is 7.99. The molecule has 0 aliphatic carbocycles. The number of nitro benzene ring substituents is 1. The van der Waals surface area contributed by atoms with Gasteiger partial charge in [0.2, 0.25) is 0 Å². The Hall–Kier alpha value is -2.54. The number of carbonyl (C=O) groups is 1. The second kappa shape index (κ2) is 8.93. The highest BCUT2D eigenvalue weighted by Gasteiger charge is 2.05. The third kappa shape index (κ3) is 5.58. The summed E-state index contributed by atoms with van der Waals surface area (Å²) in [5, 5.41) is 16.2. The maximum Gasteiger partial charge on any atom is 0.319 e. The van der Waals surface area contributed by atoms with E-state index in [2.05, 4.69) is 17.6 Å². The first-order chi connectivity index (χ1) is 11.6. The number of nitrogens with one attached hydrogen (secondary N) is 2. The van der Waals surface area contributed by atoms with Crippen molar-refractivity contribution in [2.75, 3.05) is 11.9 Å². The predicted octanol–water partition coefficient (Wildman–Crippen LogP) is 4.67. The van der Waals surface area contributed by atoms with Crippen LogP contribution in [-0.4, -0.2) is 17.5 Å². The summed E-state index contributed by atoms with van der Waals surface area (Å²) in [7, 11) is 0. The van der Waals surface area contributed by atoms with Crippen LogP contribution >= 0.6 is 11.8 Å². The van der Waals surface area contributed by atoms with Crippen LogP contribution in [0, 0.1) is 10.1 Å². The molecule has 0 aliphatic rings. The Kier molecular flexibility index (Phi) is 6.62. The Morgan fingerprint density at radius 2 is 1.67 bits per heavy atom. The highest BCUT2D eigenvalue weighted by Crippen LogP contribution is 2.29. The molecule has 0 fully saturated rings. The lowest BCUT2D eigenvalue weighted by Crippen LogP contribution is -2.29. The molecule has 0 unspecified atom stereocenters. The summed E-state index contributed by atoms with van der Waals surface area (Å²) >= 11 is 1.50. The summed E-state index contributed by atoms with van der Waals surface area (Å²) in [4.78, 5) is 23.8. The van der Waals surface area contributed by atoms with E-state index in [4.69, 9.17) is 0 Å². The minimum absolute atomic E-state index is 0.0768. The van der Waals surface area contributed by atoms with Gasteiger partial charge < -0.3 is 10.6 Å². The molecule has 0 heterocycles. The zero-order valence-corrected chi connectivity index (χ0v) is 14.1. The number of urea groups is 1. The second-order valence-corrected chi connectivity index (χ2v) is 6.26. The largest absolute Gasteiger partial charge is 0.338 e. The van der Waals surface area contributed by atoms with Crippen LogP contribution in [0.15, 0.2) is 58.3 Å². The molecule has 0 bridgehead atoms. The number of nitro groups is 1. The number of amides is 2. The number of unbranched alkanes of at least 4 members (excludes halogenated alkanes) is 1. The lowest BCUT2D eigenvalue weighted by Gasteiger charge is -2.08. The fraction of sp³-hybridized carbons (Fsp3) is 0.235. The summed E-state index contributed by atoms with van der Waals surface area (Å²) in [6, 6.07) is 13.6. The smallest absolute Gasteiger partial charge is 0.319 e. The van der Waals surface area contributed by atoms with Crippen molar-refractivity contribution in [2.45, 2.75) is 29.6 Å². The Labute approximate surface area is 144 Å². The van der Waals surface area contributed by atoms with Gasteiger partial charge in [-0.05, 0) is 42.8 Å². The molecule has 6 nitrogen and oxygen atoms in total. The number of nitrogens with zero attached hydrogens (tertiary/aromatic N) is 1. The maximum absolute atomic E-state index is 11.7. The Balaban J connectivity index is 1.89. The van der Waals surface area contributed by atoms with E-state index in [9.17, 15) is 14.9 Å². The van der Waals surface area contributed by atoms with E-state index in [1.165, 1.54) is 23.9 Å². The van der Waals surface area contributed by atoms with Crippen molar-refractivity contribution in [3.8, 4) is 0 Å². The van der Waals surface area contributed by atoms with Crippen LogP contribution in [0.2, 0.25) is 0 Å². The van der Waals surface area contributed by atoms with Gasteiger partial charge in [0.1, 0.15) is 0 Å². The third-order valence-electron chi connectivity index (χ3n) is 3.21. The second-order valence-electron chi connectivity index (χ2n) is 5.11. The van der Waals surface area contributed by atoms with Gasteiger partial charge in [-0.25, -0.2) is 4.79 Å². The summed E-state index contributed by atoms with van der Waals surface area (Å²) in [6.45, 7) is 2.73. The van der Waals surface area contributed by atoms with Crippen molar-refractivity contribution in [3.63, 3.8) is 0 Å². The van der Waals surface area contributed by atoms with Crippen molar-refractivity contribution >= 4 is 29.2 Å². The number of non-ortho nitro benzene ring substituents is 1. The van der Waals surface area contributed by atoms with Crippen molar-refractivity contribution in [1.82, 2.24) is 5.32 Å². The molecule has 0 saturated carbocycles. The van der Waals surface area contributed by atoms with Crippen molar-refractivity contribution in [3.05, 3.63) is 58.6 Å². The molecule has 7 heteroatoms. The van der Waals surface area contributed by atoms with Crippen molar-refractivity contribution in [1.29, 1.82) is 0 Å². The Morgan fingerprint density at radius 1 is 1.08 bits per heavy atom. The highest BCUT2D eigenvalue weighted by atomic mass is 32.2. The van der Waals surface area contributed by atoms with E-state index in [0.29, 0.717) is 6.54 Å². The zero-order valence-electron chi connectivity index (χ0n) is 13.3. The van der Waals surface area contributed by atoms with Gasteiger partial charge in [-0.15, -0.1) is 0 Å². The molecule has 2 rings (SSSR count). The molecule has 0 radical (unpaired) electrons. The lowest BCUT2D eigenvalue weighted by atomic mass is 10.3. The summed E-state index contributed by atoms with van der Waals surface area (Å²) < 4.78 is 0. The SMILES string of the molecule is CCCCNC(=O)Nc1ccc(Sc2ccc([N+](=O)[O-])cc2)cc1. The average molecular weight is 345 g/mol. The number of hydrogen-bond acceptors (Lipinski definition) is 4. The monoisotopic (exact) mass is 345 g/mol. The first-order valence-electron chi connectivity index (χ1n) is 7.65. The number of benzene rings is 2. The normalized spacial score (nSPS) is 10.2. The van der Waals surface area contributed by atoms with E-state index < -0.39 is 4.92 Å². The molecule has 126 valence electrons. The molecule has 2 amide bonds. The van der Waals surface area contributed by atoms with E-state index in [-0.39, 0.29) is 11.7 Å². The van der Waals surface area contributed by atoms with Crippen LogP contribution in [0.25, 0.3) is 0 Å². The van der Waals surface area contributed by atoms with Gasteiger partial charge in [0, 0.05) is 34.2 Å². The zero-order chi connectivity index (χ0) is 17.4. The Morgan fingerprint density at radius 3 is 2.21 bits per heavy atom. The number of rotatable bonds is 7. The molecule has 2 N–H and O–H groups in total. The summed E-state index contributed by atoms with van der Waals surface area (Å²) in [5.74, 6) is 0. The molecule has 0 aliphatic heterocycles. The van der Waals surface area contributed by atoms with Crippen molar-refractivity contribution in [2.24, 2.45) is 0 Å². The maximum atomic E-state index is 11.7. The van der Waals surface area contributed by atoms with Crippen LogP contribution in [0.3, 0.4) is 0 Å². The Bertz CT molecular complexity index is 687. The molecular formula is C17H19N3O3S. The average Bonchev–Trinajstić information content (AvgIpc) is 2.57. The summed E-state index contributed by atoms with van der Waals surface area (Å²) in [6.07, 6.45) is 1.99. The third-order valence-corrected chi connectivity index (χ3v) is 4.23. The minimum Gasteiger partial charge on any atom is -0.338 e. The number of carbonyl (C=O) groups excluding carboxylic acids is 1. The van der Waals surface area contributed by atoms with Gasteiger partial charge in [0.05, 0.1) is 4.92 Å². The van der Waals surface area contributed by atoms with Crippen LogP contribution in [-0.2, 0) is 0 Å². The molecular weight excluding hydrogens is 326 g/mol. The van der Waals surface area contributed by atoms with Gasteiger partial charge in [-0.1, -0.05) is 25.1 Å². The molecule has 0 aromatic heterocycles. The fourth-order valence-electron chi connectivity index (χ4n) is 1.93. The van der Waals surface area contributed by atoms with Gasteiger partial charge in [0.25, 0.3) is 5.69 Å². The van der Waals surface area contributed by atoms with Gasteiger partial charge in [-0.3, -0.25) is 10.1 Å². The quantitative estimate of drug-likeness (QED) is 0.434. The minimum atomic E-state index is -0.416. The predicted molar refractivity (Wildman–Crippen MR) is 95.6 cm³/mol. The van der Waals surface area contributed by atoms with Crippen molar-refractivity contribution < 1.29 is 9.72 Å².